The van der Waals surface area contributed by atoms with Crippen LogP contribution >= 0.6 is 0 Å². The van der Waals surface area contributed by atoms with Crippen LogP contribution in [0.15, 0.2) is 30.3 Å². The van der Waals surface area contributed by atoms with Gasteiger partial charge in [0.1, 0.15) is 0 Å². The molecule has 0 bridgehead atoms. The average molecular weight is 279 g/mol. The molecule has 1 aromatic carbocycles. The maximum atomic E-state index is 12.4. The summed E-state index contributed by atoms with van der Waals surface area (Å²) >= 11 is 0. The highest BCUT2D eigenvalue weighted by molar-refractivity contribution is 6.05. The van der Waals surface area contributed by atoms with Crippen LogP contribution in [0.25, 0.3) is 0 Å². The van der Waals surface area contributed by atoms with Crippen LogP contribution in [0.1, 0.15) is 46.2 Å². The normalized spacial score (nSPS) is 13.8. The van der Waals surface area contributed by atoms with Crippen molar-refractivity contribution < 1.29 is 4.79 Å². The minimum atomic E-state index is -0.0975. The molecular formula is C17H17N3O. The number of nitriles is 1. The van der Waals surface area contributed by atoms with Crippen LogP contribution in [0.2, 0.25) is 0 Å². The van der Waals surface area contributed by atoms with Crippen LogP contribution in [0.3, 0.4) is 0 Å². The summed E-state index contributed by atoms with van der Waals surface area (Å²) in [5.41, 5.74) is 4.18. The SMILES string of the molecule is Cc1cc(C(=O)Nc2ccc(C#N)cc2)c(C)n1C1CC1. The Morgan fingerprint density at radius 3 is 2.52 bits per heavy atom. The van der Waals surface area contributed by atoms with Crippen LogP contribution in [0.5, 0.6) is 0 Å². The predicted molar refractivity (Wildman–Crippen MR) is 81.3 cm³/mol. The lowest BCUT2D eigenvalue weighted by molar-refractivity contribution is 0.102. The first-order valence-electron chi connectivity index (χ1n) is 7.10. The molecule has 1 aromatic heterocycles. The van der Waals surface area contributed by atoms with Crippen LogP contribution in [0, 0.1) is 25.2 Å². The number of hydrogen-bond donors (Lipinski definition) is 1. The Balaban J connectivity index is 1.82. The van der Waals surface area contributed by atoms with Gasteiger partial charge in [-0.3, -0.25) is 4.79 Å². The monoisotopic (exact) mass is 279 g/mol. The molecule has 1 aliphatic rings. The van der Waals surface area contributed by atoms with Crippen molar-refractivity contribution in [3.63, 3.8) is 0 Å². The Morgan fingerprint density at radius 1 is 1.29 bits per heavy atom. The third-order valence-corrected chi connectivity index (χ3v) is 3.91. The van der Waals surface area contributed by atoms with Crippen molar-refractivity contribution in [3.8, 4) is 6.07 Å². The van der Waals surface area contributed by atoms with Gasteiger partial charge in [-0.15, -0.1) is 0 Å². The topological polar surface area (TPSA) is 57.8 Å². The Hall–Kier alpha value is -2.54. The summed E-state index contributed by atoms with van der Waals surface area (Å²) in [4.78, 5) is 12.4. The van der Waals surface area contributed by atoms with Gasteiger partial charge in [-0.2, -0.15) is 5.26 Å². The number of nitrogens with one attached hydrogen (secondary N) is 1. The zero-order valence-electron chi connectivity index (χ0n) is 12.2. The van der Waals surface area contributed by atoms with Gasteiger partial charge in [-0.1, -0.05) is 0 Å². The Morgan fingerprint density at radius 2 is 1.95 bits per heavy atom. The van der Waals surface area contributed by atoms with E-state index in [0.717, 1.165) is 17.0 Å². The van der Waals surface area contributed by atoms with Gasteiger partial charge in [0.15, 0.2) is 0 Å². The molecule has 4 heteroatoms. The molecule has 2 aromatic rings. The van der Waals surface area contributed by atoms with Crippen molar-refractivity contribution in [3.05, 3.63) is 52.8 Å². The number of carbonyl (C=O) groups is 1. The second-order valence-corrected chi connectivity index (χ2v) is 5.53. The number of aromatic nitrogens is 1. The van der Waals surface area contributed by atoms with Crippen molar-refractivity contribution in [2.24, 2.45) is 0 Å². The molecule has 0 aliphatic heterocycles. The zero-order chi connectivity index (χ0) is 15.0. The lowest BCUT2D eigenvalue weighted by Gasteiger charge is -2.08. The lowest BCUT2D eigenvalue weighted by atomic mass is 10.2. The van der Waals surface area contributed by atoms with E-state index in [2.05, 4.69) is 16.0 Å². The third-order valence-electron chi connectivity index (χ3n) is 3.91. The quantitative estimate of drug-likeness (QED) is 0.933. The number of hydrogen-bond acceptors (Lipinski definition) is 2. The van der Waals surface area contributed by atoms with Crippen molar-refractivity contribution in [1.82, 2.24) is 4.57 Å². The fourth-order valence-electron chi connectivity index (χ4n) is 2.73. The molecule has 0 spiro atoms. The molecule has 1 aliphatic carbocycles. The second kappa shape index (κ2) is 5.10. The summed E-state index contributed by atoms with van der Waals surface area (Å²) in [7, 11) is 0. The number of aryl methyl sites for hydroxylation is 1. The summed E-state index contributed by atoms with van der Waals surface area (Å²) in [6.45, 7) is 4.04. The molecule has 1 saturated carbocycles. The molecular weight excluding hydrogens is 262 g/mol. The standard InChI is InChI=1S/C17H17N3O/c1-11-9-16(12(2)20(11)15-7-8-15)17(21)19-14-5-3-13(10-18)4-6-14/h3-6,9,15H,7-8H2,1-2H3,(H,19,21). The summed E-state index contributed by atoms with van der Waals surface area (Å²) in [6.07, 6.45) is 2.40. The number of benzene rings is 1. The largest absolute Gasteiger partial charge is 0.345 e. The van der Waals surface area contributed by atoms with Crippen LogP contribution in [0.4, 0.5) is 5.69 Å². The minimum Gasteiger partial charge on any atom is -0.345 e. The first-order chi connectivity index (χ1) is 10.1. The molecule has 0 atom stereocenters. The zero-order valence-corrected chi connectivity index (χ0v) is 12.2. The van der Waals surface area contributed by atoms with Gasteiger partial charge in [0.05, 0.1) is 17.2 Å². The van der Waals surface area contributed by atoms with E-state index in [4.69, 9.17) is 5.26 Å². The van der Waals surface area contributed by atoms with Crippen molar-refractivity contribution in [1.29, 1.82) is 5.26 Å². The van der Waals surface area contributed by atoms with Crippen LogP contribution in [-0.4, -0.2) is 10.5 Å². The van der Waals surface area contributed by atoms with E-state index >= 15 is 0 Å². The molecule has 0 saturated heterocycles. The first-order valence-corrected chi connectivity index (χ1v) is 7.10. The Labute approximate surface area is 124 Å². The number of carbonyl (C=O) groups excluding carboxylic acids is 1. The summed E-state index contributed by atoms with van der Waals surface area (Å²) < 4.78 is 2.26. The maximum absolute atomic E-state index is 12.4. The first kappa shape index (κ1) is 13.4. The van der Waals surface area contributed by atoms with E-state index in [0.29, 0.717) is 17.3 Å². The van der Waals surface area contributed by atoms with Crippen LogP contribution in [-0.2, 0) is 0 Å². The van der Waals surface area contributed by atoms with E-state index in [9.17, 15) is 4.79 Å². The fourth-order valence-corrected chi connectivity index (χ4v) is 2.73. The number of amides is 1. The molecule has 1 amide bonds. The van der Waals surface area contributed by atoms with Gasteiger partial charge in [-0.05, 0) is 57.0 Å². The molecule has 0 unspecified atom stereocenters. The highest BCUT2D eigenvalue weighted by Crippen LogP contribution is 2.38. The fraction of sp³-hybridized carbons (Fsp3) is 0.294. The van der Waals surface area contributed by atoms with E-state index in [1.807, 2.05) is 19.9 Å². The predicted octanol–water partition coefficient (Wildman–Crippen LogP) is 3.56. The van der Waals surface area contributed by atoms with Crippen LogP contribution < -0.4 is 5.32 Å². The summed E-state index contributed by atoms with van der Waals surface area (Å²) in [5.74, 6) is -0.0975. The molecule has 3 rings (SSSR count). The van der Waals surface area contributed by atoms with Gasteiger partial charge in [-0.25, -0.2) is 0 Å². The van der Waals surface area contributed by atoms with Gasteiger partial charge in [0, 0.05) is 23.1 Å². The van der Waals surface area contributed by atoms with E-state index in [1.54, 1.807) is 24.3 Å². The van der Waals surface area contributed by atoms with Crippen molar-refractivity contribution >= 4 is 11.6 Å². The summed E-state index contributed by atoms with van der Waals surface area (Å²) in [6, 6.07) is 11.5. The average Bonchev–Trinajstić information content (AvgIpc) is 3.25. The highest BCUT2D eigenvalue weighted by Gasteiger charge is 2.28. The smallest absolute Gasteiger partial charge is 0.257 e. The van der Waals surface area contributed by atoms with Gasteiger partial charge in [0.2, 0.25) is 0 Å². The summed E-state index contributed by atoms with van der Waals surface area (Å²) in [5, 5.41) is 11.7. The molecule has 21 heavy (non-hydrogen) atoms. The van der Waals surface area contributed by atoms with Crippen molar-refractivity contribution in [2.75, 3.05) is 5.32 Å². The van der Waals surface area contributed by atoms with Gasteiger partial charge >= 0.3 is 0 Å². The Kier molecular flexibility index (Phi) is 3.26. The molecule has 106 valence electrons. The molecule has 0 radical (unpaired) electrons. The lowest BCUT2D eigenvalue weighted by Crippen LogP contribution is -2.13. The molecule has 1 N–H and O–H groups in total. The number of anilines is 1. The molecule has 4 nitrogen and oxygen atoms in total. The third kappa shape index (κ3) is 2.55. The number of nitrogens with zero attached hydrogens (tertiary/aromatic N) is 2. The van der Waals surface area contributed by atoms with Crippen molar-refractivity contribution in [2.45, 2.75) is 32.7 Å². The van der Waals surface area contributed by atoms with E-state index < -0.39 is 0 Å². The highest BCUT2D eigenvalue weighted by atomic mass is 16.1. The van der Waals surface area contributed by atoms with E-state index in [-0.39, 0.29) is 5.91 Å². The molecule has 1 heterocycles. The molecule has 1 fully saturated rings. The Bertz CT molecular complexity index is 731. The van der Waals surface area contributed by atoms with E-state index in [1.165, 1.54) is 12.8 Å². The van der Waals surface area contributed by atoms with Gasteiger partial charge in [0.25, 0.3) is 5.91 Å². The maximum Gasteiger partial charge on any atom is 0.257 e. The number of rotatable bonds is 3. The minimum absolute atomic E-state index is 0.0975. The second-order valence-electron chi connectivity index (χ2n) is 5.53. The van der Waals surface area contributed by atoms with Gasteiger partial charge < -0.3 is 9.88 Å².